The van der Waals surface area contributed by atoms with Gasteiger partial charge in [0.05, 0.1) is 5.69 Å². The maximum Gasteiger partial charge on any atom is 0.128 e. The van der Waals surface area contributed by atoms with Crippen LogP contribution >= 0.6 is 0 Å². The van der Waals surface area contributed by atoms with Crippen molar-refractivity contribution in [3.8, 4) is 0 Å². The van der Waals surface area contributed by atoms with Crippen molar-refractivity contribution in [2.24, 2.45) is 5.92 Å². The van der Waals surface area contributed by atoms with E-state index in [1.165, 1.54) is 37.9 Å². The van der Waals surface area contributed by atoms with Crippen LogP contribution in [0.2, 0.25) is 0 Å². The summed E-state index contributed by atoms with van der Waals surface area (Å²) in [6, 6.07) is 7.19. The number of piperidine rings is 1. The van der Waals surface area contributed by atoms with Crippen LogP contribution in [0.25, 0.3) is 0 Å². The summed E-state index contributed by atoms with van der Waals surface area (Å²) in [4.78, 5) is 9.59. The molecule has 1 aromatic rings. The number of nitrogens with one attached hydrogen (secondary N) is 1. The molecule has 0 spiro atoms. The molecule has 1 N–H and O–H groups in total. The summed E-state index contributed by atoms with van der Waals surface area (Å²) in [5, 5.41) is 3.55. The van der Waals surface area contributed by atoms with Gasteiger partial charge in [-0.3, -0.25) is 0 Å². The number of rotatable bonds is 6. The average molecular weight is 288 g/mol. The van der Waals surface area contributed by atoms with E-state index in [1.54, 1.807) is 0 Å². The Morgan fingerprint density at radius 2 is 1.95 bits per heavy atom. The molecule has 4 heteroatoms. The Morgan fingerprint density at radius 3 is 2.62 bits per heavy atom. The van der Waals surface area contributed by atoms with E-state index in [1.807, 2.05) is 0 Å². The van der Waals surface area contributed by atoms with Crippen LogP contribution in [0.15, 0.2) is 18.2 Å². The van der Waals surface area contributed by atoms with Crippen LogP contribution in [0, 0.1) is 5.92 Å². The molecule has 0 radical (unpaired) electrons. The average Bonchev–Trinajstić information content (AvgIpc) is 3.30. The Bertz CT molecular complexity index is 448. The Labute approximate surface area is 128 Å². The third kappa shape index (κ3) is 4.42. The lowest BCUT2D eigenvalue weighted by molar-refractivity contribution is 0.284. The van der Waals surface area contributed by atoms with E-state index in [-0.39, 0.29) is 0 Å². The van der Waals surface area contributed by atoms with Gasteiger partial charge in [-0.25, -0.2) is 4.98 Å². The van der Waals surface area contributed by atoms with E-state index >= 15 is 0 Å². The van der Waals surface area contributed by atoms with Crippen LogP contribution in [-0.2, 0) is 6.54 Å². The van der Waals surface area contributed by atoms with Crippen molar-refractivity contribution in [3.63, 3.8) is 0 Å². The number of hydrogen-bond acceptors (Lipinski definition) is 4. The normalized spacial score (nSPS) is 20.2. The van der Waals surface area contributed by atoms with Gasteiger partial charge in [-0.15, -0.1) is 0 Å². The highest BCUT2D eigenvalue weighted by atomic mass is 15.2. The van der Waals surface area contributed by atoms with E-state index < -0.39 is 0 Å². The van der Waals surface area contributed by atoms with Crippen LogP contribution in [0.5, 0.6) is 0 Å². The highest BCUT2D eigenvalue weighted by molar-refractivity contribution is 5.39. The molecule has 2 fully saturated rings. The molecule has 116 valence electrons. The number of anilines is 1. The molecule has 0 atom stereocenters. The monoisotopic (exact) mass is 288 g/mol. The second-order valence-corrected chi connectivity index (χ2v) is 6.83. The SMILES string of the molecule is CN(C)CC1CCN(c2cccc(CNC3CC3)n2)CC1. The minimum absolute atomic E-state index is 0.747. The minimum Gasteiger partial charge on any atom is -0.357 e. The lowest BCUT2D eigenvalue weighted by atomic mass is 9.96. The molecular weight excluding hydrogens is 260 g/mol. The van der Waals surface area contributed by atoms with Gasteiger partial charge >= 0.3 is 0 Å². The predicted octanol–water partition coefficient (Wildman–Crippen LogP) is 2.11. The van der Waals surface area contributed by atoms with Gasteiger partial charge in [0, 0.05) is 32.2 Å². The van der Waals surface area contributed by atoms with Crippen molar-refractivity contribution < 1.29 is 0 Å². The fourth-order valence-corrected chi connectivity index (χ4v) is 3.14. The molecule has 0 aromatic carbocycles. The third-order valence-electron chi connectivity index (χ3n) is 4.50. The molecule has 0 amide bonds. The van der Waals surface area contributed by atoms with Crippen molar-refractivity contribution in [3.05, 3.63) is 23.9 Å². The standard InChI is InChI=1S/C17H28N4/c1-20(2)13-14-8-10-21(11-9-14)17-5-3-4-16(19-17)12-18-15-6-7-15/h3-5,14-15,18H,6-13H2,1-2H3. The molecule has 0 bridgehead atoms. The van der Waals surface area contributed by atoms with Gasteiger partial charge in [0.1, 0.15) is 5.82 Å². The smallest absolute Gasteiger partial charge is 0.128 e. The Hall–Kier alpha value is -1.13. The van der Waals surface area contributed by atoms with Gasteiger partial charge in [-0.05, 0) is 57.8 Å². The van der Waals surface area contributed by atoms with Crippen LogP contribution in [0.4, 0.5) is 5.82 Å². The second kappa shape index (κ2) is 6.75. The number of pyridine rings is 1. The Balaban J connectivity index is 1.53. The van der Waals surface area contributed by atoms with Crippen molar-refractivity contribution in [2.75, 3.05) is 38.6 Å². The van der Waals surface area contributed by atoms with Gasteiger partial charge in [0.15, 0.2) is 0 Å². The van der Waals surface area contributed by atoms with Crippen molar-refractivity contribution in [1.82, 2.24) is 15.2 Å². The van der Waals surface area contributed by atoms with Crippen LogP contribution in [0.3, 0.4) is 0 Å². The quantitative estimate of drug-likeness (QED) is 0.869. The molecule has 2 aliphatic rings. The van der Waals surface area contributed by atoms with Gasteiger partial charge < -0.3 is 15.1 Å². The molecule has 1 saturated heterocycles. The maximum atomic E-state index is 4.84. The zero-order chi connectivity index (χ0) is 14.7. The van der Waals surface area contributed by atoms with E-state index in [0.717, 1.165) is 37.4 Å². The third-order valence-corrected chi connectivity index (χ3v) is 4.50. The first kappa shape index (κ1) is 14.8. The highest BCUT2D eigenvalue weighted by Crippen LogP contribution is 2.23. The summed E-state index contributed by atoms with van der Waals surface area (Å²) < 4.78 is 0. The Kier molecular flexibility index (Phi) is 4.76. The summed E-state index contributed by atoms with van der Waals surface area (Å²) >= 11 is 0. The maximum absolute atomic E-state index is 4.84. The van der Waals surface area contributed by atoms with E-state index in [9.17, 15) is 0 Å². The molecule has 21 heavy (non-hydrogen) atoms. The van der Waals surface area contributed by atoms with E-state index in [0.29, 0.717) is 0 Å². The zero-order valence-corrected chi connectivity index (χ0v) is 13.4. The molecule has 1 aromatic heterocycles. The molecule has 1 aliphatic carbocycles. The van der Waals surface area contributed by atoms with Gasteiger partial charge in [0.2, 0.25) is 0 Å². The van der Waals surface area contributed by atoms with Gasteiger partial charge in [0.25, 0.3) is 0 Å². The molecular formula is C17H28N4. The summed E-state index contributed by atoms with van der Waals surface area (Å²) in [5.74, 6) is 2.00. The Morgan fingerprint density at radius 1 is 1.19 bits per heavy atom. The molecule has 4 nitrogen and oxygen atoms in total. The molecule has 1 aliphatic heterocycles. The molecule has 0 unspecified atom stereocenters. The second-order valence-electron chi connectivity index (χ2n) is 6.83. The largest absolute Gasteiger partial charge is 0.357 e. The predicted molar refractivity (Wildman–Crippen MR) is 87.6 cm³/mol. The summed E-state index contributed by atoms with van der Waals surface area (Å²) in [7, 11) is 4.34. The van der Waals surface area contributed by atoms with E-state index in [2.05, 4.69) is 47.4 Å². The van der Waals surface area contributed by atoms with Crippen molar-refractivity contribution >= 4 is 5.82 Å². The molecule has 1 saturated carbocycles. The van der Waals surface area contributed by atoms with Crippen LogP contribution in [0.1, 0.15) is 31.4 Å². The first-order chi connectivity index (χ1) is 10.2. The van der Waals surface area contributed by atoms with E-state index in [4.69, 9.17) is 4.98 Å². The topological polar surface area (TPSA) is 31.4 Å². The molecule has 2 heterocycles. The summed E-state index contributed by atoms with van der Waals surface area (Å²) in [5.41, 5.74) is 1.18. The van der Waals surface area contributed by atoms with Gasteiger partial charge in [-0.2, -0.15) is 0 Å². The molecule has 3 rings (SSSR count). The first-order valence-corrected chi connectivity index (χ1v) is 8.29. The summed E-state index contributed by atoms with van der Waals surface area (Å²) in [6.07, 6.45) is 5.23. The first-order valence-electron chi connectivity index (χ1n) is 8.29. The van der Waals surface area contributed by atoms with Crippen molar-refractivity contribution in [1.29, 1.82) is 0 Å². The van der Waals surface area contributed by atoms with Gasteiger partial charge in [-0.1, -0.05) is 6.07 Å². The highest BCUT2D eigenvalue weighted by Gasteiger charge is 2.22. The summed E-state index contributed by atoms with van der Waals surface area (Å²) in [6.45, 7) is 4.41. The zero-order valence-electron chi connectivity index (χ0n) is 13.4. The fraction of sp³-hybridized carbons (Fsp3) is 0.706. The van der Waals surface area contributed by atoms with Crippen molar-refractivity contribution in [2.45, 2.75) is 38.3 Å². The number of hydrogen-bond donors (Lipinski definition) is 1. The number of aromatic nitrogens is 1. The lowest BCUT2D eigenvalue weighted by Crippen LogP contribution is -2.37. The lowest BCUT2D eigenvalue weighted by Gasteiger charge is -2.34. The van der Waals surface area contributed by atoms with Crippen LogP contribution < -0.4 is 10.2 Å². The minimum atomic E-state index is 0.747. The number of nitrogens with zero attached hydrogens (tertiary/aromatic N) is 3. The van der Waals surface area contributed by atoms with Crippen LogP contribution in [-0.4, -0.2) is 49.7 Å². The fourth-order valence-electron chi connectivity index (χ4n) is 3.14.